The molecule has 0 radical (unpaired) electrons. The minimum atomic E-state index is -2.97. The lowest BCUT2D eigenvalue weighted by Gasteiger charge is -2.24. The number of hydrogen-bond acceptors (Lipinski definition) is 6. The standard InChI is InChI=1S/C16H28O5S2Si/c1-19-24(20-2,21-3)13-5-11-22-12-10-15-6-8-16(9-7-15)14-23(4,17)18/h6-9H,5,10-14H2,1-4H3. The predicted octanol–water partition coefficient (Wildman–Crippen LogP) is 2.78. The molecule has 5 nitrogen and oxygen atoms in total. The average Bonchev–Trinajstić information content (AvgIpc) is 2.55. The molecule has 1 aromatic rings. The number of aryl methyl sites for hydroxylation is 1. The van der Waals surface area contributed by atoms with Gasteiger partial charge in [0.05, 0.1) is 5.75 Å². The van der Waals surface area contributed by atoms with Gasteiger partial charge in [-0.3, -0.25) is 0 Å². The Kier molecular flexibility index (Phi) is 9.54. The van der Waals surface area contributed by atoms with E-state index in [0.29, 0.717) is 0 Å². The first-order valence-corrected chi connectivity index (χ1v) is 13.0. The molecule has 0 bridgehead atoms. The van der Waals surface area contributed by atoms with Gasteiger partial charge in [-0.05, 0) is 35.5 Å². The van der Waals surface area contributed by atoms with Crippen molar-refractivity contribution in [2.75, 3.05) is 39.1 Å². The van der Waals surface area contributed by atoms with Gasteiger partial charge in [0.2, 0.25) is 0 Å². The lowest BCUT2D eigenvalue weighted by molar-refractivity contribution is 0.123. The quantitative estimate of drug-likeness (QED) is 0.403. The van der Waals surface area contributed by atoms with Crippen molar-refractivity contribution in [3.8, 4) is 0 Å². The van der Waals surface area contributed by atoms with Gasteiger partial charge >= 0.3 is 8.80 Å². The summed E-state index contributed by atoms with van der Waals surface area (Å²) >= 11 is 1.89. The second kappa shape index (κ2) is 10.6. The second-order valence-corrected chi connectivity index (χ2v) is 12.1. The molecule has 0 aliphatic heterocycles. The fourth-order valence-corrected chi connectivity index (χ4v) is 6.05. The molecule has 138 valence electrons. The van der Waals surface area contributed by atoms with Crippen LogP contribution in [0.4, 0.5) is 0 Å². The molecule has 0 atom stereocenters. The normalized spacial score (nSPS) is 12.5. The Labute approximate surface area is 151 Å². The summed E-state index contributed by atoms with van der Waals surface area (Å²) in [5.74, 6) is 2.18. The molecule has 0 aliphatic rings. The Morgan fingerprint density at radius 3 is 2.00 bits per heavy atom. The monoisotopic (exact) mass is 392 g/mol. The van der Waals surface area contributed by atoms with E-state index in [1.807, 2.05) is 36.0 Å². The molecule has 0 N–H and O–H groups in total. The van der Waals surface area contributed by atoms with Gasteiger partial charge in [0.25, 0.3) is 0 Å². The molecular formula is C16H28O5S2Si. The smallest absolute Gasteiger partial charge is 0.377 e. The van der Waals surface area contributed by atoms with E-state index >= 15 is 0 Å². The lowest BCUT2D eigenvalue weighted by atomic mass is 10.1. The number of benzene rings is 1. The first-order valence-electron chi connectivity index (χ1n) is 7.83. The lowest BCUT2D eigenvalue weighted by Crippen LogP contribution is -2.42. The van der Waals surface area contributed by atoms with Crippen LogP contribution in [0.2, 0.25) is 6.04 Å². The number of sulfone groups is 1. The van der Waals surface area contributed by atoms with Crippen molar-refractivity contribution in [3.05, 3.63) is 35.4 Å². The van der Waals surface area contributed by atoms with E-state index in [-0.39, 0.29) is 5.75 Å². The molecule has 0 fully saturated rings. The zero-order valence-electron chi connectivity index (χ0n) is 14.9. The zero-order chi connectivity index (χ0) is 18.1. The maximum atomic E-state index is 11.3. The number of hydrogen-bond donors (Lipinski definition) is 0. The maximum absolute atomic E-state index is 11.3. The van der Waals surface area contributed by atoms with E-state index in [1.165, 1.54) is 11.8 Å². The van der Waals surface area contributed by atoms with E-state index in [4.69, 9.17) is 13.3 Å². The molecule has 0 spiro atoms. The third-order valence-corrected chi connectivity index (χ3v) is 8.45. The van der Waals surface area contributed by atoms with Crippen LogP contribution in [0.3, 0.4) is 0 Å². The highest BCUT2D eigenvalue weighted by molar-refractivity contribution is 7.99. The van der Waals surface area contributed by atoms with E-state index in [2.05, 4.69) is 0 Å². The molecule has 0 aliphatic carbocycles. The molecule has 0 saturated heterocycles. The Morgan fingerprint density at radius 2 is 1.50 bits per heavy atom. The summed E-state index contributed by atoms with van der Waals surface area (Å²) in [6, 6.07) is 8.65. The molecule has 1 rings (SSSR count). The zero-order valence-corrected chi connectivity index (χ0v) is 17.5. The Hall–Kier alpha value is -0.383. The Balaban J connectivity index is 2.26. The van der Waals surface area contributed by atoms with Crippen molar-refractivity contribution in [2.45, 2.75) is 24.6 Å². The summed E-state index contributed by atoms with van der Waals surface area (Å²) in [6.45, 7) is 0. The van der Waals surface area contributed by atoms with Crippen LogP contribution >= 0.6 is 11.8 Å². The van der Waals surface area contributed by atoms with Crippen LogP contribution in [-0.2, 0) is 35.3 Å². The van der Waals surface area contributed by atoms with E-state index in [1.54, 1.807) is 21.3 Å². The van der Waals surface area contributed by atoms with Gasteiger partial charge < -0.3 is 13.3 Å². The summed E-state index contributed by atoms with van der Waals surface area (Å²) in [4.78, 5) is 0. The molecule has 0 unspecified atom stereocenters. The highest BCUT2D eigenvalue weighted by Crippen LogP contribution is 2.18. The first kappa shape index (κ1) is 21.7. The topological polar surface area (TPSA) is 61.8 Å². The molecule has 24 heavy (non-hydrogen) atoms. The van der Waals surface area contributed by atoms with Crippen LogP contribution in [0.25, 0.3) is 0 Å². The largest absolute Gasteiger partial charge is 0.500 e. The molecule has 8 heteroatoms. The van der Waals surface area contributed by atoms with Gasteiger partial charge in [0.1, 0.15) is 0 Å². The van der Waals surface area contributed by atoms with Crippen molar-refractivity contribution in [1.29, 1.82) is 0 Å². The van der Waals surface area contributed by atoms with Gasteiger partial charge in [-0.25, -0.2) is 8.42 Å². The van der Waals surface area contributed by atoms with Crippen LogP contribution in [0.1, 0.15) is 17.5 Å². The molecule has 1 aromatic carbocycles. The van der Waals surface area contributed by atoms with Crippen LogP contribution in [-0.4, -0.2) is 56.3 Å². The number of thioether (sulfide) groups is 1. The van der Waals surface area contributed by atoms with Crippen molar-refractivity contribution in [2.24, 2.45) is 0 Å². The van der Waals surface area contributed by atoms with E-state index in [9.17, 15) is 8.42 Å². The third kappa shape index (κ3) is 8.13. The van der Waals surface area contributed by atoms with Gasteiger partial charge in [-0.2, -0.15) is 11.8 Å². The van der Waals surface area contributed by atoms with Crippen LogP contribution in [0.5, 0.6) is 0 Å². The summed E-state index contributed by atoms with van der Waals surface area (Å²) in [6.07, 6.45) is 3.23. The summed E-state index contributed by atoms with van der Waals surface area (Å²) in [5, 5.41) is 0. The maximum Gasteiger partial charge on any atom is 0.500 e. The van der Waals surface area contributed by atoms with Crippen molar-refractivity contribution < 1.29 is 21.7 Å². The van der Waals surface area contributed by atoms with Gasteiger partial charge in [-0.15, -0.1) is 0 Å². The van der Waals surface area contributed by atoms with Crippen molar-refractivity contribution in [1.82, 2.24) is 0 Å². The minimum Gasteiger partial charge on any atom is -0.377 e. The summed E-state index contributed by atoms with van der Waals surface area (Å²) in [7, 11) is -0.482. The van der Waals surface area contributed by atoms with E-state index in [0.717, 1.165) is 36.0 Å². The Morgan fingerprint density at radius 1 is 0.958 bits per heavy atom. The average molecular weight is 393 g/mol. The molecular weight excluding hydrogens is 364 g/mol. The molecule has 0 amide bonds. The van der Waals surface area contributed by atoms with E-state index < -0.39 is 18.6 Å². The van der Waals surface area contributed by atoms with Crippen LogP contribution in [0.15, 0.2) is 24.3 Å². The minimum absolute atomic E-state index is 0.103. The second-order valence-electron chi connectivity index (χ2n) is 5.65. The van der Waals surface area contributed by atoms with Gasteiger partial charge in [0.15, 0.2) is 9.84 Å². The SMILES string of the molecule is CO[Si](CCCSCCc1ccc(CS(C)(=O)=O)cc1)(OC)OC. The third-order valence-electron chi connectivity index (χ3n) is 3.69. The molecule has 0 aromatic heterocycles. The number of rotatable bonds is 12. The fraction of sp³-hybridized carbons (Fsp3) is 0.625. The van der Waals surface area contributed by atoms with Gasteiger partial charge in [0, 0.05) is 33.6 Å². The van der Waals surface area contributed by atoms with Crippen molar-refractivity contribution in [3.63, 3.8) is 0 Å². The van der Waals surface area contributed by atoms with Crippen LogP contribution < -0.4 is 0 Å². The predicted molar refractivity (Wildman–Crippen MR) is 102 cm³/mol. The van der Waals surface area contributed by atoms with Crippen LogP contribution in [0, 0.1) is 0 Å². The highest BCUT2D eigenvalue weighted by atomic mass is 32.2. The first-order chi connectivity index (χ1) is 11.3. The highest BCUT2D eigenvalue weighted by Gasteiger charge is 2.36. The molecule has 0 saturated carbocycles. The summed E-state index contributed by atoms with van der Waals surface area (Å²) in [5.41, 5.74) is 2.07. The molecule has 0 heterocycles. The summed E-state index contributed by atoms with van der Waals surface area (Å²) < 4.78 is 38.7. The van der Waals surface area contributed by atoms with Gasteiger partial charge in [-0.1, -0.05) is 24.3 Å². The fourth-order valence-electron chi connectivity index (χ4n) is 2.34. The van der Waals surface area contributed by atoms with Crippen molar-refractivity contribution >= 4 is 30.4 Å². The Bertz CT molecular complexity index is 562.